The number of benzene rings is 2. The number of Topliss-reactive ketones (excluding diaryl/α,β-unsaturated/α-hetero) is 1. The van der Waals surface area contributed by atoms with Crippen LogP contribution in [0.25, 0.3) is 21.3 Å². The second kappa shape index (κ2) is 7.98. The Morgan fingerprint density at radius 3 is 2.73 bits per heavy atom. The van der Waals surface area contributed by atoms with Gasteiger partial charge in [-0.2, -0.15) is 0 Å². The van der Waals surface area contributed by atoms with Crippen LogP contribution in [0.15, 0.2) is 59.0 Å². The Morgan fingerprint density at radius 1 is 1.20 bits per heavy atom. The predicted molar refractivity (Wildman–Crippen MR) is 117 cm³/mol. The van der Waals surface area contributed by atoms with Crippen molar-refractivity contribution in [3.63, 3.8) is 0 Å². The van der Waals surface area contributed by atoms with Crippen LogP contribution in [-0.4, -0.2) is 20.3 Å². The number of carbonyl (C=O) groups excluding carboxylic acids is 1. The zero-order valence-corrected chi connectivity index (χ0v) is 17.4. The molecule has 0 atom stereocenters. The highest BCUT2D eigenvalue weighted by molar-refractivity contribution is 7.17. The largest absolute Gasteiger partial charge is 0.292 e. The highest BCUT2D eigenvalue weighted by atomic mass is 35.5. The Balaban J connectivity index is 1.77. The summed E-state index contributed by atoms with van der Waals surface area (Å²) in [6, 6.07) is 10.5. The number of hydrogen-bond donors (Lipinski definition) is 0. The van der Waals surface area contributed by atoms with Gasteiger partial charge in [0, 0.05) is 33.7 Å². The van der Waals surface area contributed by atoms with Gasteiger partial charge in [-0.05, 0) is 23.8 Å². The molecule has 2 heterocycles. The summed E-state index contributed by atoms with van der Waals surface area (Å²) in [6.07, 6.45) is 1.31. The molecule has 2 aromatic heterocycles. The van der Waals surface area contributed by atoms with E-state index >= 15 is 0 Å². The first-order valence-electron chi connectivity index (χ1n) is 8.55. The Bertz CT molecular complexity index is 1380. The van der Waals surface area contributed by atoms with Crippen LogP contribution in [0, 0.1) is 10.1 Å². The number of nitro groups is 1. The third-order valence-electron chi connectivity index (χ3n) is 4.47. The SMILES string of the molecule is O=C(Cn1cnc2scc(-c3cccc([N+](=O)[O-])c3)c2c1=O)c1ccc(Cl)cc1Cl. The van der Waals surface area contributed by atoms with Gasteiger partial charge in [-0.25, -0.2) is 4.98 Å². The minimum absolute atomic E-state index is 0.0800. The molecule has 0 bridgehead atoms. The number of nitro benzene ring substituents is 1. The van der Waals surface area contributed by atoms with Crippen molar-refractivity contribution >= 4 is 56.2 Å². The van der Waals surface area contributed by atoms with Crippen LogP contribution in [0.1, 0.15) is 10.4 Å². The van der Waals surface area contributed by atoms with Crippen molar-refractivity contribution in [2.24, 2.45) is 0 Å². The number of aromatic nitrogens is 2. The van der Waals surface area contributed by atoms with Crippen molar-refractivity contribution in [3.05, 3.63) is 90.2 Å². The van der Waals surface area contributed by atoms with Gasteiger partial charge in [-0.3, -0.25) is 24.3 Å². The number of ketones is 1. The molecule has 10 heteroatoms. The minimum Gasteiger partial charge on any atom is -0.292 e. The maximum absolute atomic E-state index is 13.1. The zero-order valence-electron chi connectivity index (χ0n) is 15.0. The molecular formula is C20H11Cl2N3O4S. The first-order chi connectivity index (χ1) is 14.3. The van der Waals surface area contributed by atoms with Gasteiger partial charge < -0.3 is 0 Å². The lowest BCUT2D eigenvalue weighted by molar-refractivity contribution is -0.384. The highest BCUT2D eigenvalue weighted by Crippen LogP contribution is 2.32. The Hall–Kier alpha value is -3.07. The molecule has 0 amide bonds. The molecule has 0 aliphatic rings. The average molecular weight is 460 g/mol. The zero-order chi connectivity index (χ0) is 21.4. The van der Waals surface area contributed by atoms with Crippen molar-refractivity contribution < 1.29 is 9.72 Å². The van der Waals surface area contributed by atoms with Crippen LogP contribution >= 0.6 is 34.5 Å². The lowest BCUT2D eigenvalue weighted by Crippen LogP contribution is -2.24. The van der Waals surface area contributed by atoms with E-state index in [1.165, 1.54) is 46.5 Å². The third kappa shape index (κ3) is 3.72. The molecule has 0 aliphatic heterocycles. The smallest absolute Gasteiger partial charge is 0.270 e. The van der Waals surface area contributed by atoms with Crippen molar-refractivity contribution in [3.8, 4) is 11.1 Å². The summed E-state index contributed by atoms with van der Waals surface area (Å²) < 4.78 is 1.20. The van der Waals surface area contributed by atoms with Gasteiger partial charge in [0.2, 0.25) is 0 Å². The van der Waals surface area contributed by atoms with E-state index in [4.69, 9.17) is 23.2 Å². The van der Waals surface area contributed by atoms with Gasteiger partial charge in [-0.15, -0.1) is 11.3 Å². The first-order valence-corrected chi connectivity index (χ1v) is 10.2. The maximum Gasteiger partial charge on any atom is 0.270 e. The first kappa shape index (κ1) is 20.2. The molecule has 0 aliphatic carbocycles. The summed E-state index contributed by atoms with van der Waals surface area (Å²) in [7, 11) is 0. The number of non-ortho nitro benzene ring substituents is 1. The number of fused-ring (bicyclic) bond motifs is 1. The number of carbonyl (C=O) groups is 1. The van der Waals surface area contributed by atoms with Crippen LogP contribution in [-0.2, 0) is 6.54 Å². The van der Waals surface area contributed by atoms with Gasteiger partial charge in [-0.1, -0.05) is 35.3 Å². The number of thiophene rings is 1. The monoisotopic (exact) mass is 459 g/mol. The normalized spacial score (nSPS) is 11.0. The van der Waals surface area contributed by atoms with Gasteiger partial charge in [0.15, 0.2) is 5.78 Å². The Labute approximate surface area is 183 Å². The fourth-order valence-corrected chi connectivity index (χ4v) is 4.46. The number of nitrogens with zero attached hydrogens (tertiary/aromatic N) is 3. The number of rotatable bonds is 5. The van der Waals surface area contributed by atoms with Crippen LogP contribution in [0.5, 0.6) is 0 Å². The summed E-state index contributed by atoms with van der Waals surface area (Å²) in [5.74, 6) is -0.368. The Morgan fingerprint density at radius 2 is 2.00 bits per heavy atom. The van der Waals surface area contributed by atoms with Crippen LogP contribution < -0.4 is 5.56 Å². The van der Waals surface area contributed by atoms with E-state index in [9.17, 15) is 19.7 Å². The van der Waals surface area contributed by atoms with E-state index in [1.807, 2.05) is 0 Å². The van der Waals surface area contributed by atoms with E-state index in [0.29, 0.717) is 26.4 Å². The van der Waals surface area contributed by atoms with Crippen molar-refractivity contribution in [1.29, 1.82) is 0 Å². The molecule has 7 nitrogen and oxygen atoms in total. The molecular weight excluding hydrogens is 449 g/mol. The van der Waals surface area contributed by atoms with Gasteiger partial charge >= 0.3 is 0 Å². The lowest BCUT2D eigenvalue weighted by atomic mass is 10.1. The molecule has 0 N–H and O–H groups in total. The molecule has 0 unspecified atom stereocenters. The van der Waals surface area contributed by atoms with Gasteiger partial charge in [0.1, 0.15) is 4.83 Å². The summed E-state index contributed by atoms with van der Waals surface area (Å²) in [4.78, 5) is 41.1. The molecule has 2 aromatic carbocycles. The number of hydrogen-bond acceptors (Lipinski definition) is 6. The molecule has 0 fully saturated rings. The fourth-order valence-electron chi connectivity index (χ4n) is 3.04. The maximum atomic E-state index is 13.1. The Kier molecular flexibility index (Phi) is 5.38. The van der Waals surface area contributed by atoms with E-state index in [2.05, 4.69) is 4.98 Å². The van der Waals surface area contributed by atoms with Crippen LogP contribution in [0.2, 0.25) is 10.0 Å². The molecule has 4 aromatic rings. The fraction of sp³-hybridized carbons (Fsp3) is 0.0500. The molecule has 30 heavy (non-hydrogen) atoms. The molecule has 0 saturated heterocycles. The molecule has 0 saturated carbocycles. The summed E-state index contributed by atoms with van der Waals surface area (Å²) in [6.45, 7) is -0.257. The average Bonchev–Trinajstić information content (AvgIpc) is 3.15. The van der Waals surface area contributed by atoms with E-state index in [1.54, 1.807) is 23.6 Å². The van der Waals surface area contributed by atoms with Crippen molar-refractivity contribution in [1.82, 2.24) is 9.55 Å². The standard InChI is InChI=1S/C20H11Cl2N3O4S/c21-12-4-5-14(16(22)7-12)17(26)8-24-10-23-19-18(20(24)27)15(9-30-19)11-2-1-3-13(6-11)25(28)29/h1-7,9-10H,8H2. The molecule has 0 spiro atoms. The van der Waals surface area contributed by atoms with Crippen molar-refractivity contribution in [2.45, 2.75) is 6.54 Å². The quantitative estimate of drug-likeness (QED) is 0.231. The van der Waals surface area contributed by atoms with E-state index in [-0.39, 0.29) is 28.6 Å². The predicted octanol–water partition coefficient (Wildman–Crippen LogP) is 5.22. The lowest BCUT2D eigenvalue weighted by Gasteiger charge is -2.07. The van der Waals surface area contributed by atoms with Gasteiger partial charge in [0.25, 0.3) is 11.2 Å². The number of halogens is 2. The van der Waals surface area contributed by atoms with Crippen LogP contribution in [0.3, 0.4) is 0 Å². The summed E-state index contributed by atoms with van der Waals surface area (Å²) >= 11 is 13.2. The second-order valence-electron chi connectivity index (χ2n) is 6.36. The van der Waals surface area contributed by atoms with Crippen LogP contribution in [0.4, 0.5) is 5.69 Å². The van der Waals surface area contributed by atoms with Gasteiger partial charge in [0.05, 0.1) is 28.2 Å². The van der Waals surface area contributed by atoms with E-state index < -0.39 is 10.5 Å². The minimum atomic E-state index is -0.497. The van der Waals surface area contributed by atoms with Crippen molar-refractivity contribution in [2.75, 3.05) is 0 Å². The third-order valence-corrected chi connectivity index (χ3v) is 5.91. The molecule has 4 rings (SSSR count). The topological polar surface area (TPSA) is 95.1 Å². The summed E-state index contributed by atoms with van der Waals surface area (Å²) in [5, 5.41) is 13.7. The summed E-state index contributed by atoms with van der Waals surface area (Å²) in [5.41, 5.74) is 0.809. The highest BCUT2D eigenvalue weighted by Gasteiger charge is 2.18. The van der Waals surface area contributed by atoms with E-state index in [0.717, 1.165) is 0 Å². The molecule has 0 radical (unpaired) electrons. The second-order valence-corrected chi connectivity index (χ2v) is 8.06. The molecule has 150 valence electrons.